The number of hydrogen-bond donors (Lipinski definition) is 4. The summed E-state index contributed by atoms with van der Waals surface area (Å²) < 4.78 is 25.1. The first-order chi connectivity index (χ1) is 53.1. The zero-order valence-corrected chi connectivity index (χ0v) is 66.7. The monoisotopic (exact) mass is 1480 g/mol. The van der Waals surface area contributed by atoms with Gasteiger partial charge in [0.15, 0.2) is 23.1 Å². The number of amides is 2. The van der Waals surface area contributed by atoms with Gasteiger partial charge in [-0.2, -0.15) is 0 Å². The molecule has 0 aromatic heterocycles. The number of nitrogens with one attached hydrogen (secondary N) is 4. The maximum Gasteiger partial charge on any atom is 0.251 e. The summed E-state index contributed by atoms with van der Waals surface area (Å²) >= 11 is 0. The van der Waals surface area contributed by atoms with Crippen LogP contribution in [-0.4, -0.2) is 99.6 Å². The summed E-state index contributed by atoms with van der Waals surface area (Å²) in [7, 11) is 0. The lowest BCUT2D eigenvalue weighted by molar-refractivity contribution is 0.0818. The van der Waals surface area contributed by atoms with Crippen molar-refractivity contribution in [1.82, 2.24) is 21.3 Å². The molecular formula is C94H132N4O10. The number of Topliss-reactive ketones (excluding diaryl/α,β-unsaturated/α-hetero) is 4. The van der Waals surface area contributed by atoms with Crippen molar-refractivity contribution in [2.75, 3.05) is 52.6 Å². The number of fused-ring (bicyclic) bond motifs is 2. The van der Waals surface area contributed by atoms with Crippen molar-refractivity contribution in [1.29, 1.82) is 0 Å². The highest BCUT2D eigenvalue weighted by Crippen LogP contribution is 2.46. The molecule has 0 atom stereocenters. The standard InChI is InChI=1S/C94H132N4O10/c1-5-9-13-17-21-25-29-33-37-41-59-105-71-63-69(64-72(67-71)106-60-42-38-34-30-26-22-18-14-10-6-2)93(103)97-57-45-55-95-87-89(99)79-51-47-75-77-49-53-81-86-82(54-50-78(84(77)86)76-48-52-80(90(87)100)85(79)83(75)76)92(102)88(91(81)101)96-56-46-58-98-94(104)70-65-73(107-61-43-39-35-31-27-23-19-15-11-7-3)68-74(66-70)108-62-44-40-36-32-28-24-20-16-12-8-4/h47-54,63-68,87-88,95-96H,5-46,55-62H2,1-4H3,(H,97,103)(H,98,104). The molecule has 0 fully saturated rings. The molecule has 0 saturated carbocycles. The van der Waals surface area contributed by atoms with Gasteiger partial charge in [-0.05, 0) is 108 Å². The average molecular weight is 1480 g/mol. The summed E-state index contributed by atoms with van der Waals surface area (Å²) in [4.78, 5) is 85.8. The molecule has 0 unspecified atom stereocenters. The van der Waals surface area contributed by atoms with Crippen LogP contribution >= 0.6 is 0 Å². The average Bonchev–Trinajstić information content (AvgIpc) is 0.690. The van der Waals surface area contributed by atoms with Crippen LogP contribution in [0.4, 0.5) is 0 Å². The normalized spacial score (nSPS) is 13.1. The minimum Gasteiger partial charge on any atom is -0.493 e. The van der Waals surface area contributed by atoms with Crippen molar-refractivity contribution in [2.24, 2.45) is 0 Å². The van der Waals surface area contributed by atoms with Crippen LogP contribution < -0.4 is 40.2 Å². The lowest BCUT2D eigenvalue weighted by atomic mass is 9.77. The molecule has 0 spiro atoms. The van der Waals surface area contributed by atoms with Gasteiger partial charge in [-0.3, -0.25) is 28.8 Å². The summed E-state index contributed by atoms with van der Waals surface area (Å²) in [5.41, 5.74) is 2.73. The molecule has 14 heteroatoms. The zero-order chi connectivity index (χ0) is 75.9. The maximum atomic E-state index is 14.5. The van der Waals surface area contributed by atoms with Crippen molar-refractivity contribution in [3.63, 3.8) is 0 Å². The van der Waals surface area contributed by atoms with E-state index in [4.69, 9.17) is 18.9 Å². The molecule has 2 aliphatic rings. The highest BCUT2D eigenvalue weighted by Gasteiger charge is 2.39. The van der Waals surface area contributed by atoms with E-state index in [1.54, 1.807) is 48.5 Å². The van der Waals surface area contributed by atoms with E-state index in [0.29, 0.717) is 133 Å². The number of carbonyl (C=O) groups excluding carboxylic acids is 6. The minimum absolute atomic E-state index is 0.249. The molecule has 2 aliphatic carbocycles. The van der Waals surface area contributed by atoms with E-state index in [1.165, 1.54) is 205 Å². The molecule has 2 amide bonds. The van der Waals surface area contributed by atoms with E-state index in [0.717, 1.165) is 83.7 Å². The van der Waals surface area contributed by atoms with Gasteiger partial charge in [0.05, 0.1) is 26.4 Å². The van der Waals surface area contributed by atoms with Crippen molar-refractivity contribution in [2.45, 2.75) is 309 Å². The highest BCUT2D eigenvalue weighted by molar-refractivity contribution is 6.43. The van der Waals surface area contributed by atoms with Crippen LogP contribution in [0.3, 0.4) is 0 Å². The molecule has 0 bridgehead atoms. The molecule has 14 nitrogen and oxygen atoms in total. The summed E-state index contributed by atoms with van der Waals surface area (Å²) in [6.07, 6.45) is 50.5. The second-order valence-electron chi connectivity index (χ2n) is 31.1. The van der Waals surface area contributed by atoms with Gasteiger partial charge >= 0.3 is 0 Å². The van der Waals surface area contributed by atoms with Gasteiger partial charge in [0.1, 0.15) is 35.1 Å². The molecule has 7 aromatic carbocycles. The first kappa shape index (κ1) is 84.6. The second-order valence-corrected chi connectivity index (χ2v) is 31.1. The van der Waals surface area contributed by atoms with Crippen LogP contribution in [-0.2, 0) is 0 Å². The second kappa shape index (κ2) is 47.6. The van der Waals surface area contributed by atoms with Crippen LogP contribution in [0.1, 0.15) is 360 Å². The van der Waals surface area contributed by atoms with Gasteiger partial charge in [-0.25, -0.2) is 0 Å². The number of benzene rings is 7. The largest absolute Gasteiger partial charge is 0.493 e. The fourth-order valence-electron chi connectivity index (χ4n) is 16.1. The highest BCUT2D eigenvalue weighted by atomic mass is 16.5. The van der Waals surface area contributed by atoms with E-state index in [-0.39, 0.29) is 34.9 Å². The van der Waals surface area contributed by atoms with Crippen LogP contribution in [0.15, 0.2) is 84.9 Å². The Morgan fingerprint density at radius 1 is 0.269 bits per heavy atom. The number of ketones is 4. The van der Waals surface area contributed by atoms with Gasteiger partial charge in [0.25, 0.3) is 11.8 Å². The number of ether oxygens (including phenoxy) is 4. The smallest absolute Gasteiger partial charge is 0.251 e. The Bertz CT molecular complexity index is 3480. The van der Waals surface area contributed by atoms with Gasteiger partial charge in [-0.15, -0.1) is 0 Å². The Labute approximate surface area is 646 Å². The predicted octanol–water partition coefficient (Wildman–Crippen LogP) is 23.3. The summed E-state index contributed by atoms with van der Waals surface area (Å²) in [6.45, 7) is 12.5. The SMILES string of the molecule is CCCCCCCCCCCCOc1cc(OCCCCCCCCCCCC)cc(C(=O)NCCCNC2C(=O)c3ccc4c5ccc6c7c(ccc(c8ccc(c3c48)C2=O)c75)C(=O)C(NCCCNC(=O)c2cc(OCCCCCCCCCCCC)cc(OCCCCCCCCCCCC)c2)C6=O)c1. The van der Waals surface area contributed by atoms with Crippen molar-refractivity contribution in [3.05, 3.63) is 118 Å². The number of rotatable bonds is 60. The molecule has 4 N–H and O–H groups in total. The van der Waals surface area contributed by atoms with E-state index >= 15 is 0 Å². The summed E-state index contributed by atoms with van der Waals surface area (Å²) in [5.74, 6) is 0.729. The molecule has 0 radical (unpaired) electrons. The third-order valence-corrected chi connectivity index (χ3v) is 22.3. The van der Waals surface area contributed by atoms with Crippen LogP contribution in [0.5, 0.6) is 23.0 Å². The number of hydrogen-bond acceptors (Lipinski definition) is 12. The zero-order valence-electron chi connectivity index (χ0n) is 66.7. The number of carbonyl (C=O) groups is 6. The third-order valence-electron chi connectivity index (χ3n) is 22.3. The summed E-state index contributed by atoms with van der Waals surface area (Å²) in [5, 5.41) is 18.7. The Hall–Kier alpha value is -7.42. The van der Waals surface area contributed by atoms with Gasteiger partial charge in [-0.1, -0.05) is 307 Å². The van der Waals surface area contributed by atoms with E-state index < -0.39 is 12.1 Å². The topological polar surface area (TPSA) is 187 Å². The van der Waals surface area contributed by atoms with Crippen molar-refractivity contribution >= 4 is 78.0 Å². The molecular weight excluding hydrogens is 1350 g/mol. The quantitative estimate of drug-likeness (QED) is 0.0122. The molecule has 7 aromatic rings. The van der Waals surface area contributed by atoms with E-state index in [9.17, 15) is 28.8 Å². The van der Waals surface area contributed by atoms with Gasteiger partial charge in [0, 0.05) is 69.4 Å². The number of unbranched alkanes of at least 4 members (excludes halogenated alkanes) is 36. The van der Waals surface area contributed by atoms with Crippen LogP contribution in [0.2, 0.25) is 0 Å². The fraction of sp³-hybridized carbons (Fsp3) is 0.596. The van der Waals surface area contributed by atoms with Crippen LogP contribution in [0.25, 0.3) is 43.1 Å². The Balaban J connectivity index is 0.766. The molecule has 0 aliphatic heterocycles. The van der Waals surface area contributed by atoms with E-state index in [2.05, 4.69) is 49.0 Å². The molecule has 0 heterocycles. The molecule has 9 rings (SSSR count). The first-order valence-corrected chi connectivity index (χ1v) is 43.3. The molecule has 588 valence electrons. The predicted molar refractivity (Wildman–Crippen MR) is 445 cm³/mol. The van der Waals surface area contributed by atoms with Crippen molar-refractivity contribution < 1.29 is 47.7 Å². The lowest BCUT2D eigenvalue weighted by Gasteiger charge is -2.28. The lowest BCUT2D eigenvalue weighted by Crippen LogP contribution is -2.46. The third kappa shape index (κ3) is 25.3. The Kier molecular flexibility index (Phi) is 37.3. The Morgan fingerprint density at radius 3 is 0.722 bits per heavy atom. The molecule has 0 saturated heterocycles. The fourth-order valence-corrected chi connectivity index (χ4v) is 16.1. The minimum atomic E-state index is -1.10. The maximum absolute atomic E-state index is 14.5. The van der Waals surface area contributed by atoms with Gasteiger partial charge in [0.2, 0.25) is 0 Å². The summed E-state index contributed by atoms with van der Waals surface area (Å²) in [6, 6.07) is 23.7. The van der Waals surface area contributed by atoms with Gasteiger partial charge < -0.3 is 40.2 Å². The molecule has 108 heavy (non-hydrogen) atoms. The Morgan fingerprint density at radius 2 is 0.491 bits per heavy atom. The van der Waals surface area contributed by atoms with Crippen molar-refractivity contribution in [3.8, 4) is 23.0 Å². The first-order valence-electron chi connectivity index (χ1n) is 43.3. The van der Waals surface area contributed by atoms with Crippen LogP contribution in [0, 0.1) is 0 Å². The van der Waals surface area contributed by atoms with E-state index in [1.807, 2.05) is 36.4 Å².